The van der Waals surface area contributed by atoms with Crippen LogP contribution in [0.3, 0.4) is 0 Å². The quantitative estimate of drug-likeness (QED) is 0.255. The van der Waals surface area contributed by atoms with Crippen LogP contribution in [-0.2, 0) is 4.43 Å². The third-order valence-corrected chi connectivity index (χ3v) is 20.6. The van der Waals surface area contributed by atoms with Gasteiger partial charge in [-0.2, -0.15) is 0 Å². The molecule has 2 nitrogen and oxygen atoms in total. The Morgan fingerprint density at radius 3 is 1.19 bits per heavy atom. The summed E-state index contributed by atoms with van der Waals surface area (Å²) in [5, 5.41) is -1.23. The van der Waals surface area contributed by atoms with Crippen LogP contribution in [0.1, 0.15) is 10.4 Å². The molecule has 14 heteroatoms. The normalized spacial score (nSPS) is 12.3. The topological polar surface area (TPSA) is 26.3 Å². The van der Waals surface area contributed by atoms with Crippen molar-refractivity contribution in [3.8, 4) is 0 Å². The fourth-order valence-corrected chi connectivity index (χ4v) is 8.90. The molecule has 0 aliphatic rings. The summed E-state index contributed by atoms with van der Waals surface area (Å²) < 4.78 is 142. The van der Waals surface area contributed by atoms with Crippen molar-refractivity contribution < 1.29 is 53.1 Å². The zero-order chi connectivity index (χ0) is 24.2. The molecule has 2 rings (SSSR count). The fraction of sp³-hybridized carbons (Fsp3) is 0.235. The number of carbonyl (C=O) groups excluding carboxylic acids is 1. The summed E-state index contributed by atoms with van der Waals surface area (Å²) in [5.74, 6) is -25.7. The molecule has 0 saturated heterocycles. The van der Waals surface area contributed by atoms with E-state index in [9.17, 15) is 48.7 Å². The zero-order valence-electron chi connectivity index (χ0n) is 16.1. The molecule has 2 aromatic rings. The Hall–Kier alpha value is -2.36. The first kappa shape index (κ1) is 24.9. The maximum Gasteiger partial charge on any atom is 0.330 e. The Balaban J connectivity index is 2.61. The predicted molar refractivity (Wildman–Crippen MR) is 92.5 cm³/mol. The van der Waals surface area contributed by atoms with Gasteiger partial charge in [0.2, 0.25) is 19.5 Å². The minimum absolute atomic E-state index is 1.07. The lowest BCUT2D eigenvalue weighted by Crippen LogP contribution is -2.67. The van der Waals surface area contributed by atoms with E-state index in [1.165, 1.54) is 0 Å². The zero-order valence-corrected chi connectivity index (χ0v) is 18.1. The van der Waals surface area contributed by atoms with Gasteiger partial charge in [-0.1, -0.05) is 13.1 Å². The van der Waals surface area contributed by atoms with E-state index < -0.39 is 90.3 Å². The average molecular weight is 494 g/mol. The Morgan fingerprint density at radius 1 is 0.548 bits per heavy atom. The Bertz CT molecular complexity index is 1040. The third kappa shape index (κ3) is 3.75. The summed E-state index contributed by atoms with van der Waals surface area (Å²) in [6, 6.07) is 0. The van der Waals surface area contributed by atoms with Gasteiger partial charge in [-0.15, -0.1) is 0 Å². The van der Waals surface area contributed by atoms with Gasteiger partial charge in [0.15, 0.2) is 46.5 Å². The fourth-order valence-electron chi connectivity index (χ4n) is 2.65. The number of halogens is 10. The van der Waals surface area contributed by atoms with Crippen LogP contribution in [0.15, 0.2) is 0 Å². The van der Waals surface area contributed by atoms with Gasteiger partial charge in [-0.25, -0.2) is 48.7 Å². The molecule has 0 amide bonds. The maximum atomic E-state index is 14.3. The Morgan fingerprint density at radius 2 is 0.839 bits per heavy atom. The van der Waals surface area contributed by atoms with E-state index >= 15 is 0 Å². The predicted octanol–water partition coefficient (Wildman–Crippen LogP) is 5.13. The van der Waals surface area contributed by atoms with Gasteiger partial charge in [0.05, 0.1) is 0 Å². The van der Waals surface area contributed by atoms with Gasteiger partial charge in [-0.3, -0.25) is 0 Å². The number of benzene rings is 2. The highest BCUT2D eigenvalue weighted by atomic mass is 29.3. The molecule has 0 heterocycles. The van der Waals surface area contributed by atoms with Crippen molar-refractivity contribution in [1.29, 1.82) is 0 Å². The van der Waals surface area contributed by atoms with E-state index in [0.29, 0.717) is 0 Å². The monoisotopic (exact) mass is 494 g/mol. The lowest BCUT2D eigenvalue weighted by molar-refractivity contribution is 0.0715. The summed E-state index contributed by atoms with van der Waals surface area (Å²) in [6.07, 6.45) is 0. The van der Waals surface area contributed by atoms with Crippen LogP contribution in [0.4, 0.5) is 43.9 Å². The molecule has 0 unspecified atom stereocenters. The van der Waals surface area contributed by atoms with Crippen LogP contribution in [0, 0.1) is 58.2 Å². The van der Waals surface area contributed by atoms with Crippen LogP contribution in [0.2, 0.25) is 26.2 Å². The summed E-state index contributed by atoms with van der Waals surface area (Å²) in [6.45, 7) is 4.29. The smallest absolute Gasteiger partial charge is 0.330 e. The van der Waals surface area contributed by atoms with Gasteiger partial charge in [0, 0.05) is 5.19 Å². The van der Waals surface area contributed by atoms with Crippen molar-refractivity contribution in [3.05, 3.63) is 63.7 Å². The molecule has 0 saturated carbocycles. The molecule has 0 aliphatic heterocycles. The Labute approximate surface area is 170 Å². The van der Waals surface area contributed by atoms with Crippen LogP contribution >= 0.6 is 0 Å². The molecule has 0 radical (unpaired) electrons. The van der Waals surface area contributed by atoms with E-state index in [4.69, 9.17) is 4.43 Å². The molecular formula is C17H12F10O2Si2. The second-order valence-electron chi connectivity index (χ2n) is 7.41. The first-order valence-corrected chi connectivity index (χ1v) is 15.2. The molecule has 0 fully saturated rings. The molecule has 0 bridgehead atoms. The number of carbonyl (C=O) groups is 1. The minimum Gasteiger partial charge on any atom is -0.518 e. The standard InChI is InChI=1S/C17H12F10O2Si2/c1-30(2,16-14(26)12(24)11(23)13(25)15(16)27)31(3,4)29-17(28)5-6(18)8(20)10(22)9(21)7(5)19/h1-4H3. The molecule has 0 spiro atoms. The van der Waals surface area contributed by atoms with Crippen molar-refractivity contribution >= 4 is 26.6 Å². The number of hydrogen-bond donors (Lipinski definition) is 0. The SMILES string of the molecule is C[Si](C)(OC(=O)c1c(F)c(F)c(F)c(F)c1F)[Si](C)(C)c1c(F)c(F)c(F)c(F)c1F. The van der Waals surface area contributed by atoms with Gasteiger partial charge < -0.3 is 4.43 Å². The molecule has 0 aliphatic carbocycles. The van der Waals surface area contributed by atoms with Crippen molar-refractivity contribution in [1.82, 2.24) is 0 Å². The summed E-state index contributed by atoms with van der Waals surface area (Å²) >= 11 is 0. The molecule has 0 N–H and O–H groups in total. The molecule has 170 valence electrons. The summed E-state index contributed by atoms with van der Waals surface area (Å²) in [7, 11) is -7.91. The first-order valence-electron chi connectivity index (χ1n) is 8.25. The van der Waals surface area contributed by atoms with Crippen LogP contribution < -0.4 is 5.19 Å². The minimum atomic E-state index is -3.96. The van der Waals surface area contributed by atoms with E-state index in [2.05, 4.69) is 0 Å². The summed E-state index contributed by atoms with van der Waals surface area (Å²) in [5.41, 5.74) is -1.95. The van der Waals surface area contributed by atoms with Crippen LogP contribution in [0.5, 0.6) is 0 Å². The number of hydrogen-bond acceptors (Lipinski definition) is 2. The molecular weight excluding hydrogens is 482 g/mol. The van der Waals surface area contributed by atoms with Gasteiger partial charge in [-0.05, 0) is 13.1 Å². The highest BCUT2D eigenvalue weighted by Gasteiger charge is 2.52. The second-order valence-corrected chi connectivity index (χ2v) is 21.8. The van der Waals surface area contributed by atoms with Crippen molar-refractivity contribution in [3.63, 3.8) is 0 Å². The van der Waals surface area contributed by atoms with Gasteiger partial charge in [0.25, 0.3) is 0 Å². The van der Waals surface area contributed by atoms with Crippen LogP contribution in [-0.4, -0.2) is 21.4 Å². The maximum absolute atomic E-state index is 14.3. The highest BCUT2D eigenvalue weighted by molar-refractivity contribution is 7.43. The molecule has 0 atom stereocenters. The highest BCUT2D eigenvalue weighted by Crippen LogP contribution is 2.29. The summed E-state index contributed by atoms with van der Waals surface area (Å²) in [4.78, 5) is 12.3. The van der Waals surface area contributed by atoms with Crippen molar-refractivity contribution in [2.75, 3.05) is 0 Å². The first-order chi connectivity index (χ1) is 14.0. The number of rotatable bonds is 4. The molecule has 31 heavy (non-hydrogen) atoms. The largest absolute Gasteiger partial charge is 0.518 e. The van der Waals surface area contributed by atoms with E-state index in [1.807, 2.05) is 0 Å². The van der Waals surface area contributed by atoms with Crippen molar-refractivity contribution in [2.24, 2.45) is 0 Å². The van der Waals surface area contributed by atoms with Crippen LogP contribution in [0.25, 0.3) is 0 Å². The second kappa shape index (κ2) is 7.96. The average Bonchev–Trinajstić information content (AvgIpc) is 2.67. The van der Waals surface area contributed by atoms with Crippen molar-refractivity contribution in [2.45, 2.75) is 26.2 Å². The molecule has 0 aromatic heterocycles. The Kier molecular flexibility index (Phi) is 6.40. The van der Waals surface area contributed by atoms with Gasteiger partial charge in [0.1, 0.15) is 13.2 Å². The van der Waals surface area contributed by atoms with Gasteiger partial charge >= 0.3 is 5.97 Å². The van der Waals surface area contributed by atoms with E-state index in [0.717, 1.165) is 26.2 Å². The molecule has 2 aromatic carbocycles. The van der Waals surface area contributed by atoms with E-state index in [1.54, 1.807) is 0 Å². The lowest BCUT2D eigenvalue weighted by atomic mass is 10.1. The third-order valence-electron chi connectivity index (χ3n) is 5.10. The lowest BCUT2D eigenvalue weighted by Gasteiger charge is -2.37. The van der Waals surface area contributed by atoms with E-state index in [-0.39, 0.29) is 0 Å².